The molecule has 0 aliphatic carbocycles. The highest BCUT2D eigenvalue weighted by atomic mass is 16.5. The fourth-order valence-electron chi connectivity index (χ4n) is 1.79. The van der Waals surface area contributed by atoms with Gasteiger partial charge >= 0.3 is 11.9 Å². The van der Waals surface area contributed by atoms with Gasteiger partial charge < -0.3 is 9.84 Å². The van der Waals surface area contributed by atoms with E-state index in [4.69, 9.17) is 4.74 Å². The van der Waals surface area contributed by atoms with E-state index in [-0.39, 0.29) is 5.57 Å². The summed E-state index contributed by atoms with van der Waals surface area (Å²) < 4.78 is 4.97. The number of carbonyl (C=O) groups is 2. The van der Waals surface area contributed by atoms with E-state index in [0.717, 1.165) is 0 Å². The normalized spacial score (nSPS) is 11.0. The minimum Gasteiger partial charge on any atom is -0.478 e. The Labute approximate surface area is 121 Å². The van der Waals surface area contributed by atoms with Crippen molar-refractivity contribution in [1.82, 2.24) is 4.98 Å². The Morgan fingerprint density at radius 3 is 2.67 bits per heavy atom. The zero-order valence-electron chi connectivity index (χ0n) is 11.3. The van der Waals surface area contributed by atoms with Crippen LogP contribution in [0.15, 0.2) is 48.8 Å². The average molecular weight is 283 g/mol. The van der Waals surface area contributed by atoms with E-state index in [0.29, 0.717) is 16.9 Å². The fraction of sp³-hybridized carbons (Fsp3) is 0.0625. The summed E-state index contributed by atoms with van der Waals surface area (Å²) >= 11 is 0. The van der Waals surface area contributed by atoms with Crippen molar-refractivity contribution < 1.29 is 19.4 Å². The van der Waals surface area contributed by atoms with Crippen LogP contribution in [0.3, 0.4) is 0 Å². The van der Waals surface area contributed by atoms with E-state index in [1.54, 1.807) is 42.6 Å². The molecule has 0 aliphatic rings. The number of aromatic nitrogens is 1. The molecule has 2 rings (SSSR count). The summed E-state index contributed by atoms with van der Waals surface area (Å²) in [5.74, 6) is -1.12. The number of carbonyl (C=O) groups excluding carboxylic acids is 1. The number of carboxylic acids is 1. The van der Waals surface area contributed by atoms with E-state index in [1.165, 1.54) is 19.2 Å². The summed E-state index contributed by atoms with van der Waals surface area (Å²) in [4.78, 5) is 26.2. The molecule has 1 aromatic heterocycles. The van der Waals surface area contributed by atoms with Gasteiger partial charge in [0.2, 0.25) is 0 Å². The summed E-state index contributed by atoms with van der Waals surface area (Å²) in [6, 6.07) is 9.98. The summed E-state index contributed by atoms with van der Waals surface area (Å²) in [5, 5.41) is 9.32. The van der Waals surface area contributed by atoms with Crippen molar-refractivity contribution in [3.63, 3.8) is 0 Å². The van der Waals surface area contributed by atoms with E-state index in [2.05, 4.69) is 4.98 Å². The molecule has 0 fully saturated rings. The first-order valence-electron chi connectivity index (χ1n) is 6.20. The van der Waals surface area contributed by atoms with E-state index in [9.17, 15) is 14.7 Å². The summed E-state index contributed by atoms with van der Waals surface area (Å²) in [7, 11) is 0. The van der Waals surface area contributed by atoms with Gasteiger partial charge in [0.25, 0.3) is 0 Å². The zero-order chi connectivity index (χ0) is 15.2. The van der Waals surface area contributed by atoms with Gasteiger partial charge in [-0.1, -0.05) is 18.2 Å². The maximum absolute atomic E-state index is 11.4. The minimum absolute atomic E-state index is 0.114. The largest absolute Gasteiger partial charge is 0.478 e. The molecule has 0 amide bonds. The van der Waals surface area contributed by atoms with E-state index < -0.39 is 11.9 Å². The summed E-state index contributed by atoms with van der Waals surface area (Å²) in [6.07, 6.45) is 4.56. The lowest BCUT2D eigenvalue weighted by molar-refractivity contribution is -0.132. The molecule has 21 heavy (non-hydrogen) atoms. The molecule has 1 N–H and O–H groups in total. The molecule has 5 nitrogen and oxygen atoms in total. The van der Waals surface area contributed by atoms with Gasteiger partial charge in [-0.2, -0.15) is 0 Å². The number of ether oxygens (including phenoxy) is 1. The van der Waals surface area contributed by atoms with Crippen molar-refractivity contribution in [2.45, 2.75) is 6.92 Å². The number of nitrogens with zero attached hydrogens (tertiary/aromatic N) is 1. The maximum atomic E-state index is 11.4. The molecule has 2 aromatic rings. The lowest BCUT2D eigenvalue weighted by atomic mass is 10.0. The number of rotatable bonds is 4. The van der Waals surface area contributed by atoms with Crippen molar-refractivity contribution in [3.8, 4) is 5.75 Å². The molecule has 0 saturated heterocycles. The van der Waals surface area contributed by atoms with Crippen LogP contribution in [0.25, 0.3) is 11.6 Å². The molecule has 106 valence electrons. The van der Waals surface area contributed by atoms with Crippen molar-refractivity contribution in [3.05, 3.63) is 59.9 Å². The predicted octanol–water partition coefficient (Wildman–Crippen LogP) is 2.63. The van der Waals surface area contributed by atoms with Crippen LogP contribution >= 0.6 is 0 Å². The topological polar surface area (TPSA) is 76.5 Å². The number of carboxylic acid groups (broad SMARTS) is 1. The zero-order valence-corrected chi connectivity index (χ0v) is 11.3. The molecular weight excluding hydrogens is 270 g/mol. The van der Waals surface area contributed by atoms with Crippen LogP contribution in [-0.2, 0) is 9.59 Å². The van der Waals surface area contributed by atoms with Gasteiger partial charge in [-0.3, -0.25) is 9.78 Å². The average Bonchev–Trinajstić information content (AvgIpc) is 2.45. The van der Waals surface area contributed by atoms with Crippen LogP contribution < -0.4 is 4.74 Å². The quantitative estimate of drug-likeness (QED) is 0.530. The number of esters is 1. The third-order valence-electron chi connectivity index (χ3n) is 2.63. The van der Waals surface area contributed by atoms with Crippen LogP contribution in [0.1, 0.15) is 18.1 Å². The van der Waals surface area contributed by atoms with Gasteiger partial charge in [-0.15, -0.1) is 0 Å². The van der Waals surface area contributed by atoms with Gasteiger partial charge in [0, 0.05) is 24.9 Å². The second-order valence-corrected chi connectivity index (χ2v) is 4.27. The van der Waals surface area contributed by atoms with Crippen LogP contribution in [-0.4, -0.2) is 22.0 Å². The molecule has 0 saturated carbocycles. The maximum Gasteiger partial charge on any atom is 0.336 e. The number of hydrogen-bond acceptors (Lipinski definition) is 4. The Balaban J connectivity index is 2.39. The number of aliphatic carboxylic acids is 1. The first-order chi connectivity index (χ1) is 10.1. The number of hydrogen-bond donors (Lipinski definition) is 1. The third kappa shape index (κ3) is 4.01. The van der Waals surface area contributed by atoms with Gasteiger partial charge in [-0.25, -0.2) is 4.79 Å². The van der Waals surface area contributed by atoms with Crippen LogP contribution in [0.4, 0.5) is 0 Å². The lowest BCUT2D eigenvalue weighted by Crippen LogP contribution is -2.02. The Bertz CT molecular complexity index is 692. The predicted molar refractivity (Wildman–Crippen MR) is 77.5 cm³/mol. The molecule has 0 radical (unpaired) electrons. The first-order valence-corrected chi connectivity index (χ1v) is 6.20. The van der Waals surface area contributed by atoms with Crippen molar-refractivity contribution >= 4 is 23.6 Å². The molecule has 5 heteroatoms. The SMILES string of the molecule is CC(=O)Oc1cccc(C=C(C(=O)O)c2cccnc2)c1. The van der Waals surface area contributed by atoms with Crippen molar-refractivity contribution in [2.24, 2.45) is 0 Å². The molecule has 1 heterocycles. The highest BCUT2D eigenvalue weighted by Crippen LogP contribution is 2.21. The van der Waals surface area contributed by atoms with Crippen LogP contribution in [0.5, 0.6) is 5.75 Å². The first kappa shape index (κ1) is 14.5. The van der Waals surface area contributed by atoms with Gasteiger partial charge in [0.15, 0.2) is 0 Å². The van der Waals surface area contributed by atoms with Gasteiger partial charge in [-0.05, 0) is 29.8 Å². The highest BCUT2D eigenvalue weighted by molar-refractivity contribution is 6.20. The number of pyridine rings is 1. The Kier molecular flexibility index (Phi) is 4.46. The molecule has 0 spiro atoms. The van der Waals surface area contributed by atoms with Gasteiger partial charge in [0.1, 0.15) is 5.75 Å². The van der Waals surface area contributed by atoms with Crippen molar-refractivity contribution in [2.75, 3.05) is 0 Å². The van der Waals surface area contributed by atoms with Crippen molar-refractivity contribution in [1.29, 1.82) is 0 Å². The van der Waals surface area contributed by atoms with Crippen LogP contribution in [0.2, 0.25) is 0 Å². The Hall–Kier alpha value is -2.95. The molecule has 0 aliphatic heterocycles. The molecule has 0 bridgehead atoms. The molecule has 0 atom stereocenters. The van der Waals surface area contributed by atoms with E-state index >= 15 is 0 Å². The Morgan fingerprint density at radius 1 is 1.24 bits per heavy atom. The Morgan fingerprint density at radius 2 is 2.05 bits per heavy atom. The standard InChI is InChI=1S/C16H13NO4/c1-11(18)21-14-6-2-4-12(8-14)9-15(16(19)20)13-5-3-7-17-10-13/h2-10H,1H3,(H,19,20). The fourth-order valence-corrected chi connectivity index (χ4v) is 1.79. The van der Waals surface area contributed by atoms with E-state index in [1.807, 2.05) is 0 Å². The molecule has 1 aromatic carbocycles. The minimum atomic E-state index is -1.05. The monoisotopic (exact) mass is 283 g/mol. The summed E-state index contributed by atoms with van der Waals surface area (Å²) in [5.41, 5.74) is 1.24. The number of benzene rings is 1. The second-order valence-electron chi connectivity index (χ2n) is 4.27. The molecular formula is C16H13NO4. The second kappa shape index (κ2) is 6.47. The smallest absolute Gasteiger partial charge is 0.336 e. The van der Waals surface area contributed by atoms with Crippen LogP contribution in [0, 0.1) is 0 Å². The third-order valence-corrected chi connectivity index (χ3v) is 2.63. The van der Waals surface area contributed by atoms with Gasteiger partial charge in [0.05, 0.1) is 5.57 Å². The molecule has 0 unspecified atom stereocenters. The lowest BCUT2D eigenvalue weighted by Gasteiger charge is -2.04. The highest BCUT2D eigenvalue weighted by Gasteiger charge is 2.10. The summed E-state index contributed by atoms with van der Waals surface area (Å²) in [6.45, 7) is 1.31.